The number of amides is 2. The van der Waals surface area contributed by atoms with Crippen molar-refractivity contribution in [1.29, 1.82) is 0 Å². The van der Waals surface area contributed by atoms with Gasteiger partial charge in [-0.15, -0.1) is 0 Å². The van der Waals surface area contributed by atoms with Gasteiger partial charge in [-0.25, -0.2) is 9.59 Å². The second kappa shape index (κ2) is 11.8. The molecule has 0 heterocycles. The van der Waals surface area contributed by atoms with Crippen molar-refractivity contribution in [2.45, 2.75) is 59.2 Å². The molecule has 0 aromatic heterocycles. The molecule has 0 radical (unpaired) electrons. The molecule has 0 aliphatic rings. The fourth-order valence-electron chi connectivity index (χ4n) is 2.46. The second-order valence-electron chi connectivity index (χ2n) is 7.30. The number of hydrogen-bond donors (Lipinski definition) is 3. The highest BCUT2D eigenvalue weighted by atomic mass is 16.5. The second-order valence-corrected chi connectivity index (χ2v) is 7.30. The number of rotatable bonds is 10. The molecule has 0 aliphatic carbocycles. The number of carboxylic acids is 1. The molecule has 1 rings (SSSR count). The Labute approximate surface area is 166 Å². The molecule has 0 aliphatic heterocycles. The third-order valence-electron chi connectivity index (χ3n) is 3.90. The highest BCUT2D eigenvalue weighted by Gasteiger charge is 2.27. The average Bonchev–Trinajstić information content (AvgIpc) is 2.62. The first-order chi connectivity index (χ1) is 13.2. The van der Waals surface area contributed by atoms with Gasteiger partial charge in [0.05, 0.1) is 0 Å². The molecule has 154 valence electrons. The maximum atomic E-state index is 12.6. The summed E-state index contributed by atoms with van der Waals surface area (Å²) in [5, 5.41) is 14.4. The fraction of sp³-hybridized carbons (Fsp3) is 0.476. The van der Waals surface area contributed by atoms with Crippen molar-refractivity contribution in [3.05, 3.63) is 47.5 Å². The molecule has 1 aromatic rings. The molecule has 0 fully saturated rings. The van der Waals surface area contributed by atoms with Crippen molar-refractivity contribution in [3.63, 3.8) is 0 Å². The zero-order valence-electron chi connectivity index (χ0n) is 16.9. The number of ether oxygens (including phenoxy) is 1. The predicted molar refractivity (Wildman–Crippen MR) is 107 cm³/mol. The summed E-state index contributed by atoms with van der Waals surface area (Å²) in [6.07, 6.45) is 1.57. The molecule has 0 saturated heterocycles. The lowest BCUT2D eigenvalue weighted by Gasteiger charge is -2.22. The lowest BCUT2D eigenvalue weighted by atomic mass is 10.0. The van der Waals surface area contributed by atoms with Gasteiger partial charge in [0, 0.05) is 0 Å². The summed E-state index contributed by atoms with van der Waals surface area (Å²) in [5.74, 6) is -1.55. The molecular formula is C21H30N2O5. The largest absolute Gasteiger partial charge is 0.480 e. The molecule has 0 unspecified atom stereocenters. The van der Waals surface area contributed by atoms with Gasteiger partial charge in [-0.1, -0.05) is 55.8 Å². The van der Waals surface area contributed by atoms with Crippen LogP contribution in [0.1, 0.15) is 46.1 Å². The molecule has 0 spiro atoms. The number of carboxylic acid groups (broad SMARTS) is 1. The van der Waals surface area contributed by atoms with Crippen LogP contribution in [0.5, 0.6) is 0 Å². The lowest BCUT2D eigenvalue weighted by molar-refractivity contribution is -0.142. The number of alkyl carbamates (subject to hydrolysis) is 1. The molecule has 7 heteroatoms. The number of allylic oxidation sites excluding steroid dienone is 1. The van der Waals surface area contributed by atoms with E-state index in [0.29, 0.717) is 6.42 Å². The Kier molecular flexibility index (Phi) is 9.78. The van der Waals surface area contributed by atoms with Gasteiger partial charge in [0.15, 0.2) is 0 Å². The third kappa shape index (κ3) is 9.21. The van der Waals surface area contributed by atoms with E-state index in [4.69, 9.17) is 4.74 Å². The van der Waals surface area contributed by atoms with E-state index in [2.05, 4.69) is 10.6 Å². The number of benzene rings is 1. The highest BCUT2D eigenvalue weighted by Crippen LogP contribution is 2.08. The number of hydrogen-bond acceptors (Lipinski definition) is 4. The zero-order chi connectivity index (χ0) is 21.1. The van der Waals surface area contributed by atoms with Gasteiger partial charge in [0.2, 0.25) is 5.91 Å². The molecule has 2 atom stereocenters. The van der Waals surface area contributed by atoms with Crippen LogP contribution in [0.25, 0.3) is 0 Å². The molecule has 2 amide bonds. The van der Waals surface area contributed by atoms with Crippen LogP contribution in [0, 0.1) is 5.92 Å². The minimum absolute atomic E-state index is 0.0843. The SMILES string of the molecule is CC(C)=CC[C@H](NC(=O)[C@H](CC(C)C)NC(=O)OCc1ccccc1)C(=O)O. The Hall–Kier alpha value is -2.83. The fourth-order valence-corrected chi connectivity index (χ4v) is 2.46. The zero-order valence-corrected chi connectivity index (χ0v) is 16.9. The van der Waals surface area contributed by atoms with Crippen LogP contribution in [0.15, 0.2) is 42.0 Å². The number of nitrogens with one attached hydrogen (secondary N) is 2. The van der Waals surface area contributed by atoms with E-state index in [1.54, 1.807) is 6.08 Å². The molecule has 1 aromatic carbocycles. The van der Waals surface area contributed by atoms with E-state index >= 15 is 0 Å². The summed E-state index contributed by atoms with van der Waals surface area (Å²) in [5.41, 5.74) is 1.79. The van der Waals surface area contributed by atoms with E-state index in [0.717, 1.165) is 11.1 Å². The Bertz CT molecular complexity index is 681. The maximum Gasteiger partial charge on any atom is 0.408 e. The summed E-state index contributed by atoms with van der Waals surface area (Å²) in [4.78, 5) is 36.1. The minimum Gasteiger partial charge on any atom is -0.480 e. The van der Waals surface area contributed by atoms with Crippen LogP contribution in [0.3, 0.4) is 0 Å². The van der Waals surface area contributed by atoms with Gasteiger partial charge < -0.3 is 20.5 Å². The first-order valence-corrected chi connectivity index (χ1v) is 9.32. The van der Waals surface area contributed by atoms with E-state index in [-0.39, 0.29) is 18.9 Å². The van der Waals surface area contributed by atoms with Crippen LogP contribution >= 0.6 is 0 Å². The predicted octanol–water partition coefficient (Wildman–Crippen LogP) is 3.25. The van der Waals surface area contributed by atoms with Gasteiger partial charge in [0.25, 0.3) is 0 Å². The molecule has 7 nitrogen and oxygen atoms in total. The monoisotopic (exact) mass is 390 g/mol. The average molecular weight is 390 g/mol. The van der Waals surface area contributed by atoms with Crippen molar-refractivity contribution in [2.75, 3.05) is 0 Å². The Morgan fingerprint density at radius 1 is 1.07 bits per heavy atom. The number of carbonyl (C=O) groups is 3. The maximum absolute atomic E-state index is 12.6. The molecule has 28 heavy (non-hydrogen) atoms. The summed E-state index contributed by atoms with van der Waals surface area (Å²) < 4.78 is 5.17. The topological polar surface area (TPSA) is 105 Å². The van der Waals surface area contributed by atoms with Gasteiger partial charge in [-0.3, -0.25) is 4.79 Å². The standard InChI is InChI=1S/C21H30N2O5/c1-14(2)10-11-17(20(25)26)22-19(24)18(12-15(3)4)23-21(27)28-13-16-8-6-5-7-9-16/h5-10,15,17-18H,11-13H2,1-4H3,(H,22,24)(H,23,27)(H,25,26)/t17-,18-/m0/s1. The number of carbonyl (C=O) groups excluding carboxylic acids is 2. The summed E-state index contributed by atoms with van der Waals surface area (Å²) in [6, 6.07) is 7.25. The Balaban J connectivity index is 2.71. The van der Waals surface area contributed by atoms with Crippen molar-refractivity contribution in [2.24, 2.45) is 5.92 Å². The van der Waals surface area contributed by atoms with Crippen LogP contribution in [-0.2, 0) is 20.9 Å². The Morgan fingerprint density at radius 2 is 1.71 bits per heavy atom. The van der Waals surface area contributed by atoms with Crippen LogP contribution in [0.4, 0.5) is 4.79 Å². The van der Waals surface area contributed by atoms with Crippen LogP contribution in [0.2, 0.25) is 0 Å². The molecule has 0 bridgehead atoms. The Morgan fingerprint density at radius 3 is 2.25 bits per heavy atom. The van der Waals surface area contributed by atoms with E-state index in [9.17, 15) is 19.5 Å². The van der Waals surface area contributed by atoms with Crippen molar-refractivity contribution in [1.82, 2.24) is 10.6 Å². The van der Waals surface area contributed by atoms with E-state index in [1.807, 2.05) is 58.0 Å². The molecule has 0 saturated carbocycles. The minimum atomic E-state index is -1.12. The van der Waals surface area contributed by atoms with Crippen LogP contribution in [-0.4, -0.2) is 35.2 Å². The van der Waals surface area contributed by atoms with Crippen molar-refractivity contribution < 1.29 is 24.2 Å². The summed E-state index contributed by atoms with van der Waals surface area (Å²) in [6.45, 7) is 7.62. The van der Waals surface area contributed by atoms with Crippen LogP contribution < -0.4 is 10.6 Å². The summed E-state index contributed by atoms with van der Waals surface area (Å²) in [7, 11) is 0. The van der Waals surface area contributed by atoms with Gasteiger partial charge >= 0.3 is 12.1 Å². The van der Waals surface area contributed by atoms with Gasteiger partial charge in [-0.05, 0) is 38.2 Å². The highest BCUT2D eigenvalue weighted by molar-refractivity contribution is 5.89. The van der Waals surface area contributed by atoms with Crippen molar-refractivity contribution in [3.8, 4) is 0 Å². The smallest absolute Gasteiger partial charge is 0.408 e. The van der Waals surface area contributed by atoms with Gasteiger partial charge in [0.1, 0.15) is 18.7 Å². The number of aliphatic carboxylic acids is 1. The molecular weight excluding hydrogens is 360 g/mol. The first kappa shape index (κ1) is 23.2. The summed E-state index contributed by atoms with van der Waals surface area (Å²) >= 11 is 0. The molecule has 3 N–H and O–H groups in total. The quantitative estimate of drug-likeness (QED) is 0.532. The normalized spacial score (nSPS) is 12.6. The third-order valence-corrected chi connectivity index (χ3v) is 3.90. The first-order valence-electron chi connectivity index (χ1n) is 9.32. The van der Waals surface area contributed by atoms with Gasteiger partial charge in [-0.2, -0.15) is 0 Å². The lowest BCUT2D eigenvalue weighted by Crippen LogP contribution is -2.52. The van der Waals surface area contributed by atoms with E-state index < -0.39 is 30.1 Å². The van der Waals surface area contributed by atoms with E-state index in [1.165, 1.54) is 0 Å². The van der Waals surface area contributed by atoms with Crippen molar-refractivity contribution >= 4 is 18.0 Å².